The maximum absolute atomic E-state index is 10.9. The van der Waals surface area contributed by atoms with Crippen molar-refractivity contribution >= 4 is 5.69 Å². The molecule has 0 saturated carbocycles. The van der Waals surface area contributed by atoms with Crippen LogP contribution >= 0.6 is 0 Å². The van der Waals surface area contributed by atoms with Crippen LogP contribution in [0.5, 0.6) is 0 Å². The highest BCUT2D eigenvalue weighted by Crippen LogP contribution is 2.23. The Bertz CT molecular complexity index is 602. The van der Waals surface area contributed by atoms with Gasteiger partial charge in [0.1, 0.15) is 0 Å². The van der Waals surface area contributed by atoms with E-state index >= 15 is 0 Å². The molecular formula is C14H16N2O3. The quantitative estimate of drug-likeness (QED) is 0.679. The van der Waals surface area contributed by atoms with Gasteiger partial charge in [-0.15, -0.1) is 0 Å². The highest BCUT2D eigenvalue weighted by Gasteiger charge is 2.14. The molecule has 2 rings (SSSR count). The molecule has 0 spiro atoms. The molecule has 0 fully saturated rings. The second-order valence-electron chi connectivity index (χ2n) is 4.56. The van der Waals surface area contributed by atoms with Crippen LogP contribution in [0.15, 0.2) is 36.5 Å². The summed E-state index contributed by atoms with van der Waals surface area (Å²) in [6, 6.07) is 8.76. The van der Waals surface area contributed by atoms with Gasteiger partial charge in [0.05, 0.1) is 11.0 Å². The Labute approximate surface area is 111 Å². The molecule has 0 saturated heterocycles. The van der Waals surface area contributed by atoms with Crippen LogP contribution in [-0.4, -0.2) is 14.6 Å². The van der Waals surface area contributed by atoms with Crippen LogP contribution in [0.25, 0.3) is 0 Å². The fourth-order valence-electron chi connectivity index (χ4n) is 2.17. The predicted octanol–water partition coefficient (Wildman–Crippen LogP) is 2.81. The zero-order chi connectivity index (χ0) is 14.0. The summed E-state index contributed by atoms with van der Waals surface area (Å²) in [4.78, 5) is 10.5. The van der Waals surface area contributed by atoms with E-state index in [9.17, 15) is 15.2 Å². The van der Waals surface area contributed by atoms with Crippen LogP contribution in [0.4, 0.5) is 5.69 Å². The lowest BCUT2D eigenvalue weighted by Crippen LogP contribution is -2.07. The molecule has 1 atom stereocenters. The second kappa shape index (κ2) is 5.24. The Balaban J connectivity index is 2.36. The van der Waals surface area contributed by atoms with Gasteiger partial charge in [0.2, 0.25) is 0 Å². The summed E-state index contributed by atoms with van der Waals surface area (Å²) in [7, 11) is 0. The molecule has 0 radical (unpaired) electrons. The van der Waals surface area contributed by atoms with E-state index in [0.29, 0.717) is 12.1 Å². The van der Waals surface area contributed by atoms with E-state index in [1.807, 2.05) is 29.0 Å². The third kappa shape index (κ3) is 2.66. The Morgan fingerprint density at radius 3 is 2.74 bits per heavy atom. The van der Waals surface area contributed by atoms with Crippen molar-refractivity contribution in [2.45, 2.75) is 26.5 Å². The average Bonchev–Trinajstić information content (AvgIpc) is 2.79. The highest BCUT2D eigenvalue weighted by molar-refractivity contribution is 5.44. The lowest BCUT2D eigenvalue weighted by atomic mass is 10.1. The first-order chi connectivity index (χ1) is 9.00. The number of aliphatic hydroxyl groups excluding tert-OH is 1. The summed E-state index contributed by atoms with van der Waals surface area (Å²) < 4.78 is 1.90. The Morgan fingerprint density at radius 1 is 1.37 bits per heavy atom. The van der Waals surface area contributed by atoms with Gasteiger partial charge in [-0.2, -0.15) is 0 Å². The smallest absolute Gasteiger partial charge is 0.272 e. The first-order valence-corrected chi connectivity index (χ1v) is 6.06. The topological polar surface area (TPSA) is 68.3 Å². The maximum Gasteiger partial charge on any atom is 0.272 e. The Morgan fingerprint density at radius 2 is 2.11 bits per heavy atom. The van der Waals surface area contributed by atoms with Gasteiger partial charge in [0.15, 0.2) is 0 Å². The van der Waals surface area contributed by atoms with Crippen molar-refractivity contribution in [1.29, 1.82) is 0 Å². The summed E-state index contributed by atoms with van der Waals surface area (Å²) in [6.45, 7) is 3.96. The lowest BCUT2D eigenvalue weighted by Gasteiger charge is -2.13. The highest BCUT2D eigenvalue weighted by atomic mass is 16.6. The molecule has 5 nitrogen and oxygen atoms in total. The fraction of sp³-hybridized carbons (Fsp3) is 0.286. The van der Waals surface area contributed by atoms with E-state index in [2.05, 4.69) is 0 Å². The molecule has 0 aliphatic carbocycles. The number of hydrogen-bond acceptors (Lipinski definition) is 3. The van der Waals surface area contributed by atoms with Crippen molar-refractivity contribution in [2.24, 2.45) is 0 Å². The summed E-state index contributed by atoms with van der Waals surface area (Å²) >= 11 is 0. The number of nitrogens with zero attached hydrogens (tertiary/aromatic N) is 2. The van der Waals surface area contributed by atoms with E-state index in [1.165, 1.54) is 6.07 Å². The Hall–Kier alpha value is -2.14. The van der Waals surface area contributed by atoms with Crippen LogP contribution in [0.2, 0.25) is 0 Å². The molecule has 5 heteroatoms. The van der Waals surface area contributed by atoms with Gasteiger partial charge in [0.25, 0.3) is 5.69 Å². The van der Waals surface area contributed by atoms with Gasteiger partial charge in [-0.25, -0.2) is 0 Å². The average molecular weight is 260 g/mol. The minimum Gasteiger partial charge on any atom is -0.387 e. The molecule has 0 bridgehead atoms. The third-order valence-electron chi connectivity index (χ3n) is 3.25. The van der Waals surface area contributed by atoms with Crippen molar-refractivity contribution in [3.63, 3.8) is 0 Å². The zero-order valence-electron chi connectivity index (χ0n) is 10.9. The molecule has 1 aromatic heterocycles. The summed E-state index contributed by atoms with van der Waals surface area (Å²) in [6.07, 6.45) is 1.30. The molecular weight excluding hydrogens is 244 g/mol. The number of nitro groups is 1. The van der Waals surface area contributed by atoms with Gasteiger partial charge in [-0.1, -0.05) is 12.1 Å². The number of nitro benzene ring substituents is 1. The molecule has 0 amide bonds. The molecule has 1 heterocycles. The normalized spacial score (nSPS) is 12.4. The molecule has 2 aromatic rings. The third-order valence-corrected chi connectivity index (χ3v) is 3.25. The molecule has 0 aliphatic heterocycles. The summed E-state index contributed by atoms with van der Waals surface area (Å²) in [5.41, 5.74) is 2.47. The van der Waals surface area contributed by atoms with Gasteiger partial charge < -0.3 is 9.67 Å². The lowest BCUT2D eigenvalue weighted by molar-refractivity contribution is -0.385. The van der Waals surface area contributed by atoms with Crippen molar-refractivity contribution in [3.8, 4) is 0 Å². The largest absolute Gasteiger partial charge is 0.387 e. The Kier molecular flexibility index (Phi) is 3.66. The van der Waals surface area contributed by atoms with Crippen LogP contribution in [0.3, 0.4) is 0 Å². The van der Waals surface area contributed by atoms with Gasteiger partial charge >= 0.3 is 0 Å². The standard InChI is InChI=1S/C14H16N2O3/c1-10-12(5-3-6-13(10)16(18)19)9-15-8-4-7-14(15)11(2)17/h3-8,11,17H,9H2,1-2H3. The van der Waals surface area contributed by atoms with E-state index in [1.54, 1.807) is 19.9 Å². The summed E-state index contributed by atoms with van der Waals surface area (Å²) in [5, 5.41) is 20.6. The minimum absolute atomic E-state index is 0.128. The van der Waals surface area contributed by atoms with Crippen molar-refractivity contribution < 1.29 is 10.0 Å². The van der Waals surface area contributed by atoms with Crippen molar-refractivity contribution in [2.75, 3.05) is 0 Å². The SMILES string of the molecule is Cc1c(Cn2cccc2C(C)O)cccc1[N+](=O)[O-]. The van der Waals surface area contributed by atoms with Gasteiger partial charge in [0, 0.05) is 30.1 Å². The number of rotatable bonds is 4. The van der Waals surface area contributed by atoms with Crippen LogP contribution in [0, 0.1) is 17.0 Å². The first kappa shape index (κ1) is 13.3. The number of hydrogen-bond donors (Lipinski definition) is 1. The molecule has 100 valence electrons. The number of aliphatic hydroxyl groups is 1. The fourth-order valence-corrected chi connectivity index (χ4v) is 2.17. The molecule has 1 unspecified atom stereocenters. The second-order valence-corrected chi connectivity index (χ2v) is 4.56. The minimum atomic E-state index is -0.561. The van der Waals surface area contributed by atoms with Crippen molar-refractivity contribution in [3.05, 3.63) is 63.5 Å². The van der Waals surface area contributed by atoms with E-state index in [0.717, 1.165) is 11.3 Å². The van der Waals surface area contributed by atoms with Crippen LogP contribution in [-0.2, 0) is 6.54 Å². The zero-order valence-corrected chi connectivity index (χ0v) is 10.9. The molecule has 1 N–H and O–H groups in total. The van der Waals surface area contributed by atoms with Gasteiger partial charge in [-0.05, 0) is 31.5 Å². The summed E-state index contributed by atoms with van der Waals surface area (Å²) in [5.74, 6) is 0. The van der Waals surface area contributed by atoms with Crippen LogP contribution < -0.4 is 0 Å². The van der Waals surface area contributed by atoms with E-state index in [4.69, 9.17) is 0 Å². The number of benzene rings is 1. The van der Waals surface area contributed by atoms with E-state index in [-0.39, 0.29) is 10.6 Å². The predicted molar refractivity (Wildman–Crippen MR) is 72.0 cm³/mol. The molecule has 0 aliphatic rings. The van der Waals surface area contributed by atoms with Crippen molar-refractivity contribution in [1.82, 2.24) is 4.57 Å². The maximum atomic E-state index is 10.9. The monoisotopic (exact) mass is 260 g/mol. The molecule has 19 heavy (non-hydrogen) atoms. The van der Waals surface area contributed by atoms with E-state index < -0.39 is 6.10 Å². The van der Waals surface area contributed by atoms with Gasteiger partial charge in [-0.3, -0.25) is 10.1 Å². The molecule has 1 aromatic carbocycles. The van der Waals surface area contributed by atoms with Crippen LogP contribution in [0.1, 0.15) is 29.8 Å². The number of aromatic nitrogens is 1. The first-order valence-electron chi connectivity index (χ1n) is 6.06.